The molecule has 1 aromatic carbocycles. The van der Waals surface area contributed by atoms with Crippen LogP contribution in [0.25, 0.3) is 0 Å². The summed E-state index contributed by atoms with van der Waals surface area (Å²) < 4.78 is 15.3. The lowest BCUT2D eigenvalue weighted by Gasteiger charge is -2.17. The highest BCUT2D eigenvalue weighted by Gasteiger charge is 2.11. The molecule has 1 aromatic heterocycles. The maximum absolute atomic E-state index is 13.2. The number of imidazole rings is 1. The first kappa shape index (κ1) is 12.8. The maximum atomic E-state index is 13.2. The largest absolute Gasteiger partial charge is 0.326 e. The van der Waals surface area contributed by atoms with Crippen LogP contribution >= 0.6 is 0 Å². The topological polar surface area (TPSA) is 29.9 Å². The van der Waals surface area contributed by atoms with Crippen LogP contribution < -0.4 is 5.32 Å². The van der Waals surface area contributed by atoms with Gasteiger partial charge in [-0.2, -0.15) is 0 Å². The van der Waals surface area contributed by atoms with Crippen molar-refractivity contribution in [3.05, 3.63) is 53.9 Å². The van der Waals surface area contributed by atoms with E-state index in [0.717, 1.165) is 24.3 Å². The van der Waals surface area contributed by atoms with Crippen molar-refractivity contribution in [1.82, 2.24) is 14.9 Å². The first-order valence-corrected chi connectivity index (χ1v) is 6.19. The molecule has 18 heavy (non-hydrogen) atoms. The van der Waals surface area contributed by atoms with Crippen LogP contribution in [0.15, 0.2) is 36.8 Å². The third kappa shape index (κ3) is 2.76. The maximum Gasteiger partial charge on any atom is 0.123 e. The molecular formula is C14H18FN3. The third-order valence-electron chi connectivity index (χ3n) is 3.05. The Balaban J connectivity index is 2.23. The van der Waals surface area contributed by atoms with Gasteiger partial charge in [-0.05, 0) is 31.2 Å². The van der Waals surface area contributed by atoms with Crippen molar-refractivity contribution in [3.8, 4) is 0 Å². The number of benzene rings is 1. The van der Waals surface area contributed by atoms with Gasteiger partial charge in [-0.1, -0.05) is 19.1 Å². The van der Waals surface area contributed by atoms with Crippen molar-refractivity contribution in [2.24, 2.45) is 0 Å². The molecule has 2 rings (SSSR count). The van der Waals surface area contributed by atoms with Crippen LogP contribution in [0.3, 0.4) is 0 Å². The van der Waals surface area contributed by atoms with Crippen molar-refractivity contribution < 1.29 is 4.39 Å². The van der Waals surface area contributed by atoms with E-state index in [1.165, 1.54) is 6.07 Å². The minimum absolute atomic E-state index is 0.0804. The van der Waals surface area contributed by atoms with Gasteiger partial charge in [-0.3, -0.25) is 0 Å². The Bertz CT molecular complexity index is 507. The Morgan fingerprint density at radius 3 is 3.00 bits per heavy atom. The lowest BCUT2D eigenvalue weighted by atomic mass is 10.1. The quantitative estimate of drug-likeness (QED) is 0.880. The highest BCUT2D eigenvalue weighted by Crippen LogP contribution is 2.20. The van der Waals surface area contributed by atoms with Crippen molar-refractivity contribution >= 4 is 0 Å². The Labute approximate surface area is 107 Å². The van der Waals surface area contributed by atoms with Crippen molar-refractivity contribution in [2.75, 3.05) is 6.54 Å². The van der Waals surface area contributed by atoms with Gasteiger partial charge in [-0.25, -0.2) is 9.37 Å². The first-order chi connectivity index (χ1) is 8.72. The predicted molar refractivity (Wildman–Crippen MR) is 69.8 cm³/mol. The number of aromatic nitrogens is 2. The van der Waals surface area contributed by atoms with E-state index in [2.05, 4.69) is 21.8 Å². The summed E-state index contributed by atoms with van der Waals surface area (Å²) in [6.07, 6.45) is 3.64. The number of hydrogen-bond donors (Lipinski definition) is 1. The van der Waals surface area contributed by atoms with Crippen LogP contribution in [0.5, 0.6) is 0 Å². The smallest absolute Gasteiger partial charge is 0.123 e. The van der Waals surface area contributed by atoms with Gasteiger partial charge in [0.15, 0.2) is 0 Å². The van der Waals surface area contributed by atoms with E-state index in [1.807, 2.05) is 19.2 Å². The fourth-order valence-corrected chi connectivity index (χ4v) is 2.00. The summed E-state index contributed by atoms with van der Waals surface area (Å²) in [7, 11) is 0. The van der Waals surface area contributed by atoms with Gasteiger partial charge in [0.05, 0.1) is 18.1 Å². The number of rotatable bonds is 5. The van der Waals surface area contributed by atoms with Crippen LogP contribution in [0.1, 0.15) is 31.1 Å². The Hall–Kier alpha value is -1.68. The second-order valence-electron chi connectivity index (χ2n) is 4.30. The standard InChI is InChI=1S/C14H18FN3/c1-3-16-8-14-9-17-10-18(14)11(2)12-5-4-6-13(15)7-12/h4-7,9-11,16H,3,8H2,1-2H3. The van der Waals surface area contributed by atoms with Crippen molar-refractivity contribution in [3.63, 3.8) is 0 Å². The summed E-state index contributed by atoms with van der Waals surface area (Å²) >= 11 is 0. The molecule has 0 radical (unpaired) electrons. The molecular weight excluding hydrogens is 229 g/mol. The molecule has 0 saturated carbocycles. The zero-order valence-corrected chi connectivity index (χ0v) is 10.7. The van der Waals surface area contributed by atoms with Gasteiger partial charge in [0, 0.05) is 12.7 Å². The van der Waals surface area contributed by atoms with E-state index >= 15 is 0 Å². The molecule has 0 fully saturated rings. The molecule has 0 bridgehead atoms. The first-order valence-electron chi connectivity index (χ1n) is 6.19. The SMILES string of the molecule is CCNCc1cncn1C(C)c1cccc(F)c1. The van der Waals surface area contributed by atoms with Gasteiger partial charge in [0.25, 0.3) is 0 Å². The molecule has 1 heterocycles. The molecule has 1 unspecified atom stereocenters. The molecule has 1 atom stereocenters. The van der Waals surface area contributed by atoms with Crippen LogP contribution in [-0.2, 0) is 6.54 Å². The molecule has 2 aromatic rings. The van der Waals surface area contributed by atoms with Crippen LogP contribution in [0.2, 0.25) is 0 Å². The summed E-state index contributed by atoms with van der Waals surface area (Å²) in [6, 6.07) is 6.79. The van der Waals surface area contributed by atoms with Crippen molar-refractivity contribution in [1.29, 1.82) is 0 Å². The highest BCUT2D eigenvalue weighted by atomic mass is 19.1. The average molecular weight is 247 g/mol. The lowest BCUT2D eigenvalue weighted by molar-refractivity contribution is 0.573. The molecule has 0 spiro atoms. The highest BCUT2D eigenvalue weighted by molar-refractivity contribution is 5.21. The van der Waals surface area contributed by atoms with E-state index in [4.69, 9.17) is 0 Å². The molecule has 0 amide bonds. The summed E-state index contributed by atoms with van der Waals surface area (Å²) in [6.45, 7) is 5.80. The second-order valence-corrected chi connectivity index (χ2v) is 4.30. The Morgan fingerprint density at radius 2 is 2.28 bits per heavy atom. The van der Waals surface area contributed by atoms with E-state index in [-0.39, 0.29) is 11.9 Å². The second kappa shape index (κ2) is 5.78. The van der Waals surface area contributed by atoms with Crippen LogP contribution in [0.4, 0.5) is 4.39 Å². The Morgan fingerprint density at radius 1 is 1.44 bits per heavy atom. The summed E-state index contributed by atoms with van der Waals surface area (Å²) in [5.41, 5.74) is 2.05. The summed E-state index contributed by atoms with van der Waals surface area (Å²) in [5.74, 6) is -0.201. The normalized spacial score (nSPS) is 12.6. The minimum atomic E-state index is -0.201. The van der Waals surface area contributed by atoms with Gasteiger partial charge in [-0.15, -0.1) is 0 Å². The lowest BCUT2D eigenvalue weighted by Crippen LogP contribution is -2.17. The third-order valence-corrected chi connectivity index (χ3v) is 3.05. The monoisotopic (exact) mass is 247 g/mol. The fraction of sp³-hybridized carbons (Fsp3) is 0.357. The molecule has 4 heteroatoms. The van der Waals surface area contributed by atoms with Gasteiger partial charge >= 0.3 is 0 Å². The minimum Gasteiger partial charge on any atom is -0.326 e. The number of halogens is 1. The van der Waals surface area contributed by atoms with Gasteiger partial charge < -0.3 is 9.88 Å². The van der Waals surface area contributed by atoms with Crippen LogP contribution in [0, 0.1) is 5.82 Å². The van der Waals surface area contributed by atoms with E-state index in [0.29, 0.717) is 0 Å². The summed E-state index contributed by atoms with van der Waals surface area (Å²) in [4.78, 5) is 4.17. The molecule has 0 aliphatic carbocycles. The zero-order chi connectivity index (χ0) is 13.0. The molecule has 0 saturated heterocycles. The predicted octanol–water partition coefficient (Wildman–Crippen LogP) is 2.74. The Kier molecular flexibility index (Phi) is 4.10. The zero-order valence-electron chi connectivity index (χ0n) is 10.7. The van der Waals surface area contributed by atoms with Gasteiger partial charge in [0.1, 0.15) is 5.82 Å². The van der Waals surface area contributed by atoms with Gasteiger partial charge in [0.2, 0.25) is 0 Å². The number of nitrogens with zero attached hydrogens (tertiary/aromatic N) is 2. The summed E-state index contributed by atoms with van der Waals surface area (Å²) in [5, 5.41) is 3.27. The van der Waals surface area contributed by atoms with Crippen LogP contribution in [-0.4, -0.2) is 16.1 Å². The number of nitrogens with one attached hydrogen (secondary N) is 1. The van der Waals surface area contributed by atoms with E-state index in [9.17, 15) is 4.39 Å². The average Bonchev–Trinajstić information content (AvgIpc) is 2.83. The fourth-order valence-electron chi connectivity index (χ4n) is 2.00. The molecule has 0 aliphatic heterocycles. The molecule has 3 nitrogen and oxygen atoms in total. The molecule has 1 N–H and O–H groups in total. The molecule has 96 valence electrons. The molecule has 0 aliphatic rings. The van der Waals surface area contributed by atoms with E-state index < -0.39 is 0 Å². The van der Waals surface area contributed by atoms with Crippen molar-refractivity contribution in [2.45, 2.75) is 26.4 Å². The number of hydrogen-bond acceptors (Lipinski definition) is 2. The van der Waals surface area contributed by atoms with E-state index in [1.54, 1.807) is 18.5 Å².